The highest BCUT2D eigenvalue weighted by atomic mass is 16.5. The Morgan fingerprint density at radius 1 is 1.32 bits per heavy atom. The monoisotopic (exact) mass is 269 g/mol. The molecule has 3 atom stereocenters. The van der Waals surface area contributed by atoms with Gasteiger partial charge in [-0.1, -0.05) is 12.8 Å². The summed E-state index contributed by atoms with van der Waals surface area (Å²) in [5, 5.41) is 0. The first kappa shape index (κ1) is 15.2. The van der Waals surface area contributed by atoms with E-state index in [9.17, 15) is 0 Å². The molecule has 0 amide bonds. The van der Waals surface area contributed by atoms with E-state index in [0.29, 0.717) is 18.7 Å². The number of hydrogen-bond acceptors (Lipinski definition) is 4. The van der Waals surface area contributed by atoms with E-state index >= 15 is 0 Å². The van der Waals surface area contributed by atoms with Gasteiger partial charge in [0.05, 0.1) is 11.6 Å². The maximum atomic E-state index is 6.18. The molecule has 1 saturated carbocycles. The first-order valence-electron chi connectivity index (χ1n) is 7.78. The number of rotatable bonds is 5. The van der Waals surface area contributed by atoms with Gasteiger partial charge in [0.1, 0.15) is 0 Å². The molecule has 0 aromatic rings. The zero-order valence-electron chi connectivity index (χ0n) is 12.9. The Balaban J connectivity index is 2.05. The van der Waals surface area contributed by atoms with Crippen LogP contribution < -0.4 is 5.73 Å². The van der Waals surface area contributed by atoms with E-state index < -0.39 is 0 Å². The van der Waals surface area contributed by atoms with Crippen LogP contribution in [0.3, 0.4) is 0 Å². The zero-order valence-corrected chi connectivity index (χ0v) is 12.9. The summed E-state index contributed by atoms with van der Waals surface area (Å²) in [6, 6.07) is 0.688. The van der Waals surface area contributed by atoms with Gasteiger partial charge < -0.3 is 15.4 Å². The number of nitrogens with two attached hydrogens (primary N) is 1. The van der Waals surface area contributed by atoms with Crippen LogP contribution in [0.5, 0.6) is 0 Å². The standard InChI is InChI=1S/C15H31N3O/c1-17-10-6-7-13(17)11-18(2)15(12-16)9-5-4-8-14(15)19-3/h13-14H,4-12,16H2,1-3H3. The SMILES string of the molecule is COC1CCCCC1(CN)N(C)CC1CCCN1C. The zero-order chi connectivity index (χ0) is 13.9. The molecule has 1 aliphatic carbocycles. The molecule has 0 aromatic heterocycles. The van der Waals surface area contributed by atoms with Crippen LogP contribution in [0.1, 0.15) is 38.5 Å². The molecular formula is C15H31N3O. The second-order valence-corrected chi connectivity index (χ2v) is 6.44. The Labute approximate surface area is 118 Å². The molecule has 3 unspecified atom stereocenters. The van der Waals surface area contributed by atoms with Crippen molar-refractivity contribution < 1.29 is 4.74 Å². The van der Waals surface area contributed by atoms with Gasteiger partial charge in [0, 0.05) is 26.2 Å². The number of ether oxygens (including phenoxy) is 1. The molecule has 2 fully saturated rings. The summed E-state index contributed by atoms with van der Waals surface area (Å²) in [6.45, 7) is 3.06. The Kier molecular flexibility index (Phi) is 5.23. The molecule has 0 bridgehead atoms. The molecule has 0 spiro atoms. The Morgan fingerprint density at radius 3 is 2.68 bits per heavy atom. The third kappa shape index (κ3) is 2.97. The van der Waals surface area contributed by atoms with Crippen LogP contribution in [0.2, 0.25) is 0 Å². The van der Waals surface area contributed by atoms with Gasteiger partial charge >= 0.3 is 0 Å². The molecule has 4 nitrogen and oxygen atoms in total. The Morgan fingerprint density at radius 2 is 2.11 bits per heavy atom. The number of hydrogen-bond donors (Lipinski definition) is 1. The summed E-state index contributed by atoms with van der Waals surface area (Å²) in [7, 11) is 6.33. The average Bonchev–Trinajstić information content (AvgIpc) is 2.83. The maximum absolute atomic E-state index is 6.18. The van der Waals surface area contributed by atoms with E-state index in [4.69, 9.17) is 10.5 Å². The van der Waals surface area contributed by atoms with Gasteiger partial charge in [-0.25, -0.2) is 0 Å². The molecule has 1 heterocycles. The number of nitrogens with zero attached hydrogens (tertiary/aromatic N) is 2. The minimum Gasteiger partial charge on any atom is -0.379 e. The van der Waals surface area contributed by atoms with Crippen LogP contribution in [0.25, 0.3) is 0 Å². The average molecular weight is 269 g/mol. The second kappa shape index (κ2) is 6.53. The van der Waals surface area contributed by atoms with E-state index in [1.54, 1.807) is 0 Å². The molecule has 0 radical (unpaired) electrons. The topological polar surface area (TPSA) is 41.7 Å². The van der Waals surface area contributed by atoms with Crippen molar-refractivity contribution in [2.45, 2.75) is 56.2 Å². The van der Waals surface area contributed by atoms with Crippen molar-refractivity contribution >= 4 is 0 Å². The van der Waals surface area contributed by atoms with Crippen molar-refractivity contribution in [3.05, 3.63) is 0 Å². The third-order valence-electron chi connectivity index (χ3n) is 5.48. The van der Waals surface area contributed by atoms with Crippen molar-refractivity contribution in [3.63, 3.8) is 0 Å². The summed E-state index contributed by atoms with van der Waals surface area (Å²) in [5.74, 6) is 0. The van der Waals surface area contributed by atoms with E-state index in [0.717, 1.165) is 13.0 Å². The lowest BCUT2D eigenvalue weighted by atomic mass is 9.77. The molecule has 112 valence electrons. The minimum atomic E-state index is 0.0520. The number of methoxy groups -OCH3 is 1. The Bertz CT molecular complexity index is 287. The fraction of sp³-hybridized carbons (Fsp3) is 1.00. The predicted octanol–water partition coefficient (Wildman–Crippen LogP) is 1.30. The minimum absolute atomic E-state index is 0.0520. The van der Waals surface area contributed by atoms with Gasteiger partial charge in [-0.15, -0.1) is 0 Å². The lowest BCUT2D eigenvalue weighted by Gasteiger charge is -2.49. The highest BCUT2D eigenvalue weighted by molar-refractivity contribution is 5.01. The van der Waals surface area contributed by atoms with Gasteiger partial charge in [0.2, 0.25) is 0 Å². The van der Waals surface area contributed by atoms with E-state index in [-0.39, 0.29) is 5.54 Å². The smallest absolute Gasteiger partial charge is 0.0767 e. The van der Waals surface area contributed by atoms with Crippen LogP contribution in [0, 0.1) is 0 Å². The lowest BCUT2D eigenvalue weighted by molar-refractivity contribution is -0.0703. The molecule has 19 heavy (non-hydrogen) atoms. The molecule has 1 saturated heterocycles. The predicted molar refractivity (Wildman–Crippen MR) is 79.3 cm³/mol. The van der Waals surface area contributed by atoms with Crippen LogP contribution in [0.4, 0.5) is 0 Å². The van der Waals surface area contributed by atoms with Gasteiger partial charge in [-0.05, 0) is 46.3 Å². The van der Waals surface area contributed by atoms with Gasteiger partial charge in [0.15, 0.2) is 0 Å². The van der Waals surface area contributed by atoms with Gasteiger partial charge in [-0.3, -0.25) is 4.90 Å². The third-order valence-corrected chi connectivity index (χ3v) is 5.48. The molecule has 2 aliphatic rings. The summed E-state index contributed by atoms with van der Waals surface area (Å²) in [4.78, 5) is 5.00. The normalized spacial score (nSPS) is 37.1. The summed E-state index contributed by atoms with van der Waals surface area (Å²) >= 11 is 0. The second-order valence-electron chi connectivity index (χ2n) is 6.44. The van der Waals surface area contributed by atoms with Crippen LogP contribution in [-0.2, 0) is 4.74 Å². The molecule has 1 aliphatic heterocycles. The highest BCUT2D eigenvalue weighted by Crippen LogP contribution is 2.35. The largest absolute Gasteiger partial charge is 0.379 e. The summed E-state index contributed by atoms with van der Waals surface area (Å²) < 4.78 is 5.78. The van der Waals surface area contributed by atoms with Crippen LogP contribution in [-0.4, -0.2) is 68.3 Å². The maximum Gasteiger partial charge on any atom is 0.0767 e. The Hall–Kier alpha value is -0.160. The first-order chi connectivity index (χ1) is 9.14. The molecular weight excluding hydrogens is 238 g/mol. The van der Waals surface area contributed by atoms with Crippen molar-refractivity contribution in [1.29, 1.82) is 0 Å². The van der Waals surface area contributed by atoms with Crippen molar-refractivity contribution in [2.24, 2.45) is 5.73 Å². The fourth-order valence-corrected chi connectivity index (χ4v) is 4.06. The quantitative estimate of drug-likeness (QED) is 0.817. The molecule has 4 heteroatoms. The van der Waals surface area contributed by atoms with Crippen LogP contribution >= 0.6 is 0 Å². The van der Waals surface area contributed by atoms with Crippen molar-refractivity contribution in [1.82, 2.24) is 9.80 Å². The van der Waals surface area contributed by atoms with Gasteiger partial charge in [-0.2, -0.15) is 0 Å². The number of likely N-dealkylation sites (tertiary alicyclic amines) is 1. The first-order valence-corrected chi connectivity index (χ1v) is 7.78. The summed E-state index contributed by atoms with van der Waals surface area (Å²) in [6.07, 6.45) is 7.83. The summed E-state index contributed by atoms with van der Waals surface area (Å²) in [5.41, 5.74) is 6.23. The van der Waals surface area contributed by atoms with E-state index in [1.165, 1.54) is 38.6 Å². The molecule has 2 rings (SSSR count). The highest BCUT2D eigenvalue weighted by Gasteiger charge is 2.44. The van der Waals surface area contributed by atoms with E-state index in [1.807, 2.05) is 7.11 Å². The molecule has 0 aromatic carbocycles. The van der Waals surface area contributed by atoms with E-state index in [2.05, 4.69) is 23.9 Å². The van der Waals surface area contributed by atoms with Crippen molar-refractivity contribution in [3.8, 4) is 0 Å². The van der Waals surface area contributed by atoms with Gasteiger partial charge in [0.25, 0.3) is 0 Å². The van der Waals surface area contributed by atoms with Crippen molar-refractivity contribution in [2.75, 3.05) is 40.8 Å². The van der Waals surface area contributed by atoms with Crippen LogP contribution in [0.15, 0.2) is 0 Å². The fourth-order valence-electron chi connectivity index (χ4n) is 4.06. The number of likely N-dealkylation sites (N-methyl/N-ethyl adjacent to an activating group) is 2. The lowest BCUT2D eigenvalue weighted by Crippen LogP contribution is -2.63. The molecule has 2 N–H and O–H groups in total.